The van der Waals surface area contributed by atoms with Gasteiger partial charge in [-0.1, -0.05) is 24.6 Å². The molecule has 1 aliphatic heterocycles. The van der Waals surface area contributed by atoms with Gasteiger partial charge in [0, 0.05) is 30.9 Å². The summed E-state index contributed by atoms with van der Waals surface area (Å²) in [6, 6.07) is 10.1. The third kappa shape index (κ3) is 4.21. The Bertz CT molecular complexity index is 1010. The minimum atomic E-state index is -0.0441. The van der Waals surface area contributed by atoms with Gasteiger partial charge < -0.3 is 10.2 Å². The summed E-state index contributed by atoms with van der Waals surface area (Å²) >= 11 is 0. The Balaban J connectivity index is 1.41. The van der Waals surface area contributed by atoms with Crippen molar-refractivity contribution in [3.05, 3.63) is 47.7 Å². The van der Waals surface area contributed by atoms with Crippen LogP contribution in [0.25, 0.3) is 16.9 Å². The van der Waals surface area contributed by atoms with Gasteiger partial charge in [-0.2, -0.15) is 4.68 Å². The van der Waals surface area contributed by atoms with E-state index in [9.17, 15) is 4.79 Å². The molecule has 4 rings (SSSR count). The van der Waals surface area contributed by atoms with Crippen LogP contribution in [0.15, 0.2) is 36.5 Å². The van der Waals surface area contributed by atoms with E-state index >= 15 is 0 Å². The van der Waals surface area contributed by atoms with Crippen molar-refractivity contribution in [3.8, 4) is 5.69 Å². The monoisotopic (exact) mass is 406 g/mol. The van der Waals surface area contributed by atoms with Gasteiger partial charge in [0.1, 0.15) is 5.52 Å². The average Bonchev–Trinajstić information content (AvgIpc) is 3.21. The summed E-state index contributed by atoms with van der Waals surface area (Å²) in [5, 5.41) is 11.5. The number of piperidine rings is 1. The Labute approximate surface area is 177 Å². The van der Waals surface area contributed by atoms with Crippen LogP contribution >= 0.6 is 0 Å². The van der Waals surface area contributed by atoms with Crippen LogP contribution in [0.2, 0.25) is 0 Å². The Kier molecular flexibility index (Phi) is 6.38. The highest BCUT2D eigenvalue weighted by Crippen LogP contribution is 2.21. The summed E-state index contributed by atoms with van der Waals surface area (Å²) in [5.74, 6) is -0.0441. The first-order chi connectivity index (χ1) is 14.7. The fourth-order valence-electron chi connectivity index (χ4n) is 4.42. The predicted octanol–water partition coefficient (Wildman–Crippen LogP) is 3.51. The zero-order valence-corrected chi connectivity index (χ0v) is 17.8. The molecule has 1 N–H and O–H groups in total. The molecule has 1 atom stereocenters. The molecule has 1 amide bonds. The summed E-state index contributed by atoms with van der Waals surface area (Å²) < 4.78 is 1.70. The van der Waals surface area contributed by atoms with Crippen LogP contribution in [0.1, 0.15) is 54.9 Å². The van der Waals surface area contributed by atoms with Crippen molar-refractivity contribution in [1.29, 1.82) is 0 Å². The minimum Gasteiger partial charge on any atom is -0.352 e. The first-order valence-corrected chi connectivity index (χ1v) is 11.0. The number of fused-ring (bicyclic) bond motifs is 1. The molecule has 1 aromatic carbocycles. The molecule has 0 aliphatic carbocycles. The van der Waals surface area contributed by atoms with Crippen molar-refractivity contribution in [2.24, 2.45) is 0 Å². The summed E-state index contributed by atoms with van der Waals surface area (Å²) in [6.07, 6.45) is 7.85. The van der Waals surface area contributed by atoms with E-state index in [0.29, 0.717) is 23.8 Å². The molecule has 30 heavy (non-hydrogen) atoms. The molecule has 7 nitrogen and oxygen atoms in total. The summed E-state index contributed by atoms with van der Waals surface area (Å²) in [6.45, 7) is 7.14. The first kappa shape index (κ1) is 20.5. The fraction of sp³-hybridized carbons (Fsp3) is 0.478. The van der Waals surface area contributed by atoms with Gasteiger partial charge in [0.25, 0.3) is 5.91 Å². The number of carbonyl (C=O) groups excluding carboxylic acids is 1. The number of carbonyl (C=O) groups is 1. The number of hydrogen-bond acceptors (Lipinski definition) is 5. The highest BCUT2D eigenvalue weighted by molar-refractivity contribution is 5.96. The van der Waals surface area contributed by atoms with E-state index in [1.807, 2.05) is 37.3 Å². The lowest BCUT2D eigenvalue weighted by molar-refractivity contribution is 0.0946. The van der Waals surface area contributed by atoms with E-state index in [1.165, 1.54) is 32.2 Å². The number of rotatable bonds is 7. The molecule has 0 spiro atoms. The van der Waals surface area contributed by atoms with Gasteiger partial charge in [0.05, 0.1) is 5.69 Å². The van der Waals surface area contributed by atoms with Crippen molar-refractivity contribution in [2.75, 3.05) is 19.6 Å². The van der Waals surface area contributed by atoms with Crippen LogP contribution in [0.5, 0.6) is 0 Å². The molecule has 3 aromatic rings. The molecule has 1 aliphatic rings. The van der Waals surface area contributed by atoms with E-state index in [1.54, 1.807) is 10.9 Å². The van der Waals surface area contributed by atoms with Gasteiger partial charge in [0.15, 0.2) is 5.65 Å². The molecule has 1 saturated heterocycles. The molecule has 158 valence electrons. The van der Waals surface area contributed by atoms with Gasteiger partial charge >= 0.3 is 0 Å². The largest absolute Gasteiger partial charge is 0.352 e. The Morgan fingerprint density at radius 3 is 3.00 bits per heavy atom. The Hall–Kier alpha value is -2.80. The van der Waals surface area contributed by atoms with E-state index in [4.69, 9.17) is 0 Å². The van der Waals surface area contributed by atoms with Crippen LogP contribution in [-0.4, -0.2) is 56.5 Å². The van der Waals surface area contributed by atoms with E-state index in [2.05, 4.69) is 32.4 Å². The van der Waals surface area contributed by atoms with Crippen LogP contribution in [0, 0.1) is 6.92 Å². The SMILES string of the molecule is CCC1CCCCN1CCCNC(=O)c1cccc(-n2nnc3cccnc32)c1C. The van der Waals surface area contributed by atoms with Gasteiger partial charge in [-0.05, 0) is 69.0 Å². The number of hydrogen-bond donors (Lipinski definition) is 1. The van der Waals surface area contributed by atoms with Gasteiger partial charge in [-0.25, -0.2) is 4.98 Å². The summed E-state index contributed by atoms with van der Waals surface area (Å²) in [7, 11) is 0. The molecular weight excluding hydrogens is 376 g/mol. The highest BCUT2D eigenvalue weighted by Gasteiger charge is 2.20. The van der Waals surface area contributed by atoms with Crippen LogP contribution in [-0.2, 0) is 0 Å². The zero-order valence-electron chi connectivity index (χ0n) is 17.8. The van der Waals surface area contributed by atoms with Gasteiger partial charge in [0.2, 0.25) is 0 Å². The predicted molar refractivity (Wildman–Crippen MR) is 118 cm³/mol. The summed E-state index contributed by atoms with van der Waals surface area (Å²) in [4.78, 5) is 19.8. The topological polar surface area (TPSA) is 75.9 Å². The van der Waals surface area contributed by atoms with E-state index in [-0.39, 0.29) is 5.91 Å². The Morgan fingerprint density at radius 1 is 1.23 bits per heavy atom. The zero-order chi connectivity index (χ0) is 20.9. The molecule has 1 unspecified atom stereocenters. The molecule has 7 heteroatoms. The lowest BCUT2D eigenvalue weighted by Crippen LogP contribution is -2.40. The second-order valence-electron chi connectivity index (χ2n) is 8.00. The summed E-state index contributed by atoms with van der Waals surface area (Å²) in [5.41, 5.74) is 3.77. The number of aromatic nitrogens is 4. The minimum absolute atomic E-state index is 0.0441. The molecule has 0 radical (unpaired) electrons. The molecule has 1 fully saturated rings. The molecule has 0 bridgehead atoms. The Morgan fingerprint density at radius 2 is 2.13 bits per heavy atom. The second-order valence-corrected chi connectivity index (χ2v) is 8.00. The number of amides is 1. The fourth-order valence-corrected chi connectivity index (χ4v) is 4.42. The molecule has 3 heterocycles. The first-order valence-electron chi connectivity index (χ1n) is 11.0. The normalized spacial score (nSPS) is 17.3. The molecule has 0 saturated carbocycles. The van der Waals surface area contributed by atoms with Crippen molar-refractivity contribution in [1.82, 2.24) is 30.2 Å². The third-order valence-corrected chi connectivity index (χ3v) is 6.11. The van der Waals surface area contributed by atoms with Crippen molar-refractivity contribution in [3.63, 3.8) is 0 Å². The highest BCUT2D eigenvalue weighted by atomic mass is 16.1. The van der Waals surface area contributed by atoms with Crippen LogP contribution < -0.4 is 5.32 Å². The van der Waals surface area contributed by atoms with Crippen molar-refractivity contribution >= 4 is 17.1 Å². The number of nitrogens with one attached hydrogen (secondary N) is 1. The maximum atomic E-state index is 12.8. The number of pyridine rings is 1. The lowest BCUT2D eigenvalue weighted by atomic mass is 10.00. The lowest BCUT2D eigenvalue weighted by Gasteiger charge is -2.35. The van der Waals surface area contributed by atoms with E-state index < -0.39 is 0 Å². The second kappa shape index (κ2) is 9.34. The van der Waals surface area contributed by atoms with Crippen LogP contribution in [0.4, 0.5) is 0 Å². The van der Waals surface area contributed by atoms with Gasteiger partial charge in [-0.3, -0.25) is 4.79 Å². The molecular formula is C23H30N6O. The van der Waals surface area contributed by atoms with Crippen LogP contribution in [0.3, 0.4) is 0 Å². The maximum absolute atomic E-state index is 12.8. The van der Waals surface area contributed by atoms with Crippen molar-refractivity contribution in [2.45, 2.75) is 52.0 Å². The number of likely N-dealkylation sites (tertiary alicyclic amines) is 1. The third-order valence-electron chi connectivity index (χ3n) is 6.11. The van der Waals surface area contributed by atoms with E-state index in [0.717, 1.165) is 29.7 Å². The number of benzene rings is 1. The maximum Gasteiger partial charge on any atom is 0.251 e. The quantitative estimate of drug-likeness (QED) is 0.608. The molecule has 2 aromatic heterocycles. The number of nitrogens with zero attached hydrogens (tertiary/aromatic N) is 5. The van der Waals surface area contributed by atoms with Crippen molar-refractivity contribution < 1.29 is 4.79 Å². The standard InChI is InChI=1S/C23H30N6O/c1-3-18-9-4-5-15-28(18)16-8-14-25-23(30)19-10-6-12-21(17(19)2)29-22-20(26-27-29)11-7-13-24-22/h6-7,10-13,18H,3-5,8-9,14-16H2,1-2H3,(H,25,30). The van der Waals surface area contributed by atoms with Gasteiger partial charge in [-0.15, -0.1) is 5.10 Å². The average molecular weight is 407 g/mol. The smallest absolute Gasteiger partial charge is 0.251 e.